The van der Waals surface area contributed by atoms with Gasteiger partial charge in [0, 0.05) is 38.3 Å². The van der Waals surface area contributed by atoms with Gasteiger partial charge in [0.05, 0.1) is 11.2 Å². The largest absolute Gasteiger partial charge is 0.347 e. The normalized spacial score (nSPS) is 28.3. The van der Waals surface area contributed by atoms with Gasteiger partial charge in [-0.05, 0) is 13.5 Å². The van der Waals surface area contributed by atoms with Gasteiger partial charge < -0.3 is 10.2 Å². The molecular formula is C12H18ClN5O. The van der Waals surface area contributed by atoms with E-state index in [-0.39, 0.29) is 11.9 Å². The smallest absolute Gasteiger partial charge is 0.271 e. The zero-order valence-electron chi connectivity index (χ0n) is 10.9. The summed E-state index contributed by atoms with van der Waals surface area (Å²) in [6, 6.07) is 0.754. The molecule has 2 atom stereocenters. The number of aromatic nitrogens is 2. The van der Waals surface area contributed by atoms with E-state index in [1.165, 1.54) is 6.20 Å². The van der Waals surface area contributed by atoms with Crippen molar-refractivity contribution in [1.82, 2.24) is 25.3 Å². The van der Waals surface area contributed by atoms with Crippen LogP contribution in [-0.4, -0.2) is 71.2 Å². The summed E-state index contributed by atoms with van der Waals surface area (Å²) in [5.41, 5.74) is 0.351. The zero-order chi connectivity index (χ0) is 13.4. The van der Waals surface area contributed by atoms with Crippen LogP contribution in [0, 0.1) is 0 Å². The third-order valence-corrected chi connectivity index (χ3v) is 4.26. The molecule has 0 bridgehead atoms. The van der Waals surface area contributed by atoms with Gasteiger partial charge in [-0.2, -0.15) is 5.10 Å². The number of amides is 1. The second-order valence-electron chi connectivity index (χ2n) is 5.41. The monoisotopic (exact) mass is 283 g/mol. The number of aromatic amines is 1. The van der Waals surface area contributed by atoms with Gasteiger partial charge in [0.1, 0.15) is 5.69 Å². The van der Waals surface area contributed by atoms with Gasteiger partial charge in [-0.1, -0.05) is 11.6 Å². The number of piperazine rings is 1. The maximum absolute atomic E-state index is 12.1. The molecule has 1 amide bonds. The highest BCUT2D eigenvalue weighted by Gasteiger charge is 2.36. The van der Waals surface area contributed by atoms with E-state index in [0.717, 1.165) is 32.6 Å². The van der Waals surface area contributed by atoms with Crippen molar-refractivity contribution < 1.29 is 4.79 Å². The van der Waals surface area contributed by atoms with E-state index in [2.05, 4.69) is 32.4 Å². The third-order valence-electron chi connectivity index (χ3n) is 3.97. The maximum atomic E-state index is 12.1. The van der Waals surface area contributed by atoms with Gasteiger partial charge in [-0.25, -0.2) is 0 Å². The van der Waals surface area contributed by atoms with Gasteiger partial charge in [0.15, 0.2) is 0 Å². The molecular weight excluding hydrogens is 266 g/mol. The number of nitrogens with zero attached hydrogens (tertiary/aromatic N) is 3. The maximum Gasteiger partial charge on any atom is 0.271 e. The number of hydrogen-bond acceptors (Lipinski definition) is 4. The van der Waals surface area contributed by atoms with Crippen LogP contribution in [0.4, 0.5) is 0 Å². The molecule has 2 N–H and O–H groups in total. The Labute approximate surface area is 117 Å². The molecule has 2 fully saturated rings. The predicted octanol–water partition coefficient (Wildman–Crippen LogP) is 0.181. The van der Waals surface area contributed by atoms with E-state index in [1.54, 1.807) is 0 Å². The van der Waals surface area contributed by atoms with E-state index in [1.807, 2.05) is 0 Å². The van der Waals surface area contributed by atoms with Gasteiger partial charge in [0.2, 0.25) is 0 Å². The average molecular weight is 284 g/mol. The molecule has 1 aromatic rings. The minimum atomic E-state index is -0.166. The van der Waals surface area contributed by atoms with Crippen molar-refractivity contribution in [3.05, 3.63) is 16.9 Å². The number of carbonyl (C=O) groups excluding carboxylic acids is 1. The highest BCUT2D eigenvalue weighted by Crippen LogP contribution is 2.22. The summed E-state index contributed by atoms with van der Waals surface area (Å²) in [6.45, 7) is 4.19. The fourth-order valence-electron chi connectivity index (χ4n) is 2.99. The molecule has 1 aromatic heterocycles. The Morgan fingerprint density at radius 3 is 3.11 bits per heavy atom. The number of H-pyrrole nitrogens is 1. The van der Waals surface area contributed by atoms with Crippen LogP contribution in [0.1, 0.15) is 16.9 Å². The van der Waals surface area contributed by atoms with E-state index >= 15 is 0 Å². The zero-order valence-corrected chi connectivity index (χ0v) is 11.7. The molecule has 7 heteroatoms. The van der Waals surface area contributed by atoms with Crippen LogP contribution in [0.2, 0.25) is 5.02 Å². The minimum absolute atomic E-state index is 0.166. The van der Waals surface area contributed by atoms with Crippen LogP contribution in [0.25, 0.3) is 0 Å². The Morgan fingerprint density at radius 1 is 1.53 bits per heavy atom. The topological polar surface area (TPSA) is 64.3 Å². The Bertz CT molecular complexity index is 476. The molecule has 2 aliphatic rings. The number of rotatable bonds is 2. The molecule has 0 unspecified atom stereocenters. The molecule has 3 heterocycles. The predicted molar refractivity (Wildman–Crippen MR) is 72.3 cm³/mol. The highest BCUT2D eigenvalue weighted by molar-refractivity contribution is 6.33. The van der Waals surface area contributed by atoms with Crippen molar-refractivity contribution in [3.8, 4) is 0 Å². The van der Waals surface area contributed by atoms with Crippen LogP contribution in [-0.2, 0) is 0 Å². The fraction of sp³-hybridized carbons (Fsp3) is 0.667. The van der Waals surface area contributed by atoms with E-state index in [9.17, 15) is 4.79 Å². The summed E-state index contributed by atoms with van der Waals surface area (Å²) in [6.07, 6.45) is 2.45. The molecule has 19 heavy (non-hydrogen) atoms. The summed E-state index contributed by atoms with van der Waals surface area (Å²) in [5, 5.41) is 9.80. The van der Waals surface area contributed by atoms with Crippen molar-refractivity contribution in [2.24, 2.45) is 0 Å². The lowest BCUT2D eigenvalue weighted by molar-refractivity contribution is 0.0932. The Hall–Kier alpha value is -1.11. The molecule has 104 valence electrons. The Balaban J connectivity index is 1.60. The van der Waals surface area contributed by atoms with Gasteiger partial charge in [-0.3, -0.25) is 14.8 Å². The van der Waals surface area contributed by atoms with Gasteiger partial charge >= 0.3 is 0 Å². The van der Waals surface area contributed by atoms with Crippen molar-refractivity contribution in [2.75, 3.05) is 33.2 Å². The number of likely N-dealkylation sites (N-methyl/N-ethyl adjacent to an activating group) is 1. The highest BCUT2D eigenvalue weighted by atomic mass is 35.5. The molecule has 2 aliphatic heterocycles. The average Bonchev–Trinajstić information content (AvgIpc) is 2.94. The molecule has 6 nitrogen and oxygen atoms in total. The summed E-state index contributed by atoms with van der Waals surface area (Å²) >= 11 is 5.89. The number of fused-ring (bicyclic) bond motifs is 1. The van der Waals surface area contributed by atoms with Crippen molar-refractivity contribution in [2.45, 2.75) is 18.5 Å². The van der Waals surface area contributed by atoms with Crippen molar-refractivity contribution in [1.29, 1.82) is 0 Å². The van der Waals surface area contributed by atoms with E-state index < -0.39 is 0 Å². The van der Waals surface area contributed by atoms with E-state index in [4.69, 9.17) is 11.6 Å². The van der Waals surface area contributed by atoms with Crippen LogP contribution < -0.4 is 5.32 Å². The quantitative estimate of drug-likeness (QED) is 0.813. The summed E-state index contributed by atoms with van der Waals surface area (Å²) < 4.78 is 0. The Kier molecular flexibility index (Phi) is 3.47. The first-order valence-electron chi connectivity index (χ1n) is 6.56. The lowest BCUT2D eigenvalue weighted by Gasteiger charge is -2.34. The van der Waals surface area contributed by atoms with Gasteiger partial charge in [0.25, 0.3) is 5.91 Å². The third kappa shape index (κ3) is 2.61. The fourth-order valence-corrected chi connectivity index (χ4v) is 3.17. The molecule has 0 saturated carbocycles. The molecule has 2 saturated heterocycles. The summed E-state index contributed by atoms with van der Waals surface area (Å²) in [4.78, 5) is 16.9. The second kappa shape index (κ2) is 5.11. The molecule has 3 rings (SSSR count). The van der Waals surface area contributed by atoms with Gasteiger partial charge in [-0.15, -0.1) is 0 Å². The SMILES string of the molecule is CN1CCN2C[C@@H](NC(=O)c3[nH]ncc3Cl)C[C@H]2C1. The Morgan fingerprint density at radius 2 is 2.37 bits per heavy atom. The molecule has 0 aliphatic carbocycles. The number of halogens is 1. The van der Waals surface area contributed by atoms with Crippen molar-refractivity contribution >= 4 is 17.5 Å². The van der Waals surface area contributed by atoms with Crippen LogP contribution in [0.3, 0.4) is 0 Å². The molecule has 0 radical (unpaired) electrons. The van der Waals surface area contributed by atoms with Crippen molar-refractivity contribution in [3.63, 3.8) is 0 Å². The lowest BCUT2D eigenvalue weighted by atomic mass is 10.1. The summed E-state index contributed by atoms with van der Waals surface area (Å²) in [5.74, 6) is -0.166. The van der Waals surface area contributed by atoms with E-state index in [0.29, 0.717) is 16.8 Å². The summed E-state index contributed by atoms with van der Waals surface area (Å²) in [7, 11) is 2.15. The standard InChI is InChI=1S/C12H18ClN5O/c1-17-2-3-18-6-8(4-9(18)7-17)15-12(19)11-10(13)5-14-16-11/h5,8-9H,2-4,6-7H2,1H3,(H,14,16)(H,15,19)/t8-,9-/m0/s1. The number of hydrogen-bond donors (Lipinski definition) is 2. The first-order chi connectivity index (χ1) is 9.13. The molecule has 0 spiro atoms. The minimum Gasteiger partial charge on any atom is -0.347 e. The van der Waals surface area contributed by atoms with Crippen LogP contribution >= 0.6 is 11.6 Å². The second-order valence-corrected chi connectivity index (χ2v) is 5.82. The van der Waals surface area contributed by atoms with Crippen LogP contribution in [0.5, 0.6) is 0 Å². The van der Waals surface area contributed by atoms with Crippen LogP contribution in [0.15, 0.2) is 6.20 Å². The lowest BCUT2D eigenvalue weighted by Crippen LogP contribution is -2.48. The first-order valence-corrected chi connectivity index (χ1v) is 6.93. The number of nitrogens with one attached hydrogen (secondary N) is 2. The first kappa shape index (κ1) is 12.9. The molecule has 0 aromatic carbocycles. The number of carbonyl (C=O) groups is 1.